The van der Waals surface area contributed by atoms with Gasteiger partial charge in [0.2, 0.25) is 0 Å². The van der Waals surface area contributed by atoms with Gasteiger partial charge in [0.1, 0.15) is 12.4 Å². The summed E-state index contributed by atoms with van der Waals surface area (Å²) in [5.41, 5.74) is 6.69. The van der Waals surface area contributed by atoms with Gasteiger partial charge in [-0.2, -0.15) is 0 Å². The molecule has 0 fully saturated rings. The van der Waals surface area contributed by atoms with Crippen molar-refractivity contribution in [3.05, 3.63) is 101 Å². The summed E-state index contributed by atoms with van der Waals surface area (Å²) in [5.74, 6) is -0.292. The molecule has 30 heavy (non-hydrogen) atoms. The number of benzene rings is 3. The van der Waals surface area contributed by atoms with Crippen molar-refractivity contribution < 1.29 is 14.3 Å². The summed E-state index contributed by atoms with van der Waals surface area (Å²) in [6.07, 6.45) is 0. The minimum atomic E-state index is -0.432. The summed E-state index contributed by atoms with van der Waals surface area (Å²) in [6, 6.07) is 22.8. The number of hydrogen-bond acceptors (Lipinski definition) is 4. The van der Waals surface area contributed by atoms with Gasteiger partial charge in [-0.1, -0.05) is 48.0 Å². The highest BCUT2D eigenvalue weighted by molar-refractivity contribution is 7.80. The second-order valence-corrected chi connectivity index (χ2v) is 7.02. The number of carbonyl (C=O) groups excluding carboxylic acids is 2. The third kappa shape index (κ3) is 6.30. The van der Waals surface area contributed by atoms with Gasteiger partial charge in [-0.15, -0.1) is 0 Å². The minimum Gasteiger partial charge on any atom is -0.489 e. The SMILES string of the molecule is O=C(NNC(=S)NC(=O)c1cccc(OCc2ccccc2)c1)c1ccc(Cl)cc1. The lowest BCUT2D eigenvalue weighted by Crippen LogP contribution is -2.48. The molecule has 0 aromatic heterocycles. The Kier molecular flexibility index (Phi) is 7.37. The maximum absolute atomic E-state index is 12.4. The molecule has 0 bridgehead atoms. The van der Waals surface area contributed by atoms with E-state index in [4.69, 9.17) is 28.6 Å². The van der Waals surface area contributed by atoms with E-state index in [1.54, 1.807) is 48.5 Å². The molecule has 8 heteroatoms. The molecule has 0 spiro atoms. The first kappa shape index (κ1) is 21.3. The molecule has 3 aromatic rings. The number of carbonyl (C=O) groups is 2. The standard InChI is InChI=1S/C22H18ClN3O3S/c23-18-11-9-16(10-12-18)21(28)25-26-22(30)24-20(27)17-7-4-8-19(13-17)29-14-15-5-2-1-3-6-15/h1-13H,14H2,(H,25,28)(H2,24,26,27,30). The maximum atomic E-state index is 12.4. The van der Waals surface area contributed by atoms with Gasteiger partial charge in [-0.25, -0.2) is 0 Å². The van der Waals surface area contributed by atoms with E-state index in [-0.39, 0.29) is 5.11 Å². The predicted molar refractivity (Wildman–Crippen MR) is 119 cm³/mol. The van der Waals surface area contributed by atoms with Crippen molar-refractivity contribution in [2.24, 2.45) is 0 Å². The van der Waals surface area contributed by atoms with Crippen LogP contribution in [0.3, 0.4) is 0 Å². The number of halogens is 1. The number of nitrogens with one attached hydrogen (secondary N) is 3. The first-order valence-corrected chi connectivity index (χ1v) is 9.74. The van der Waals surface area contributed by atoms with Crippen molar-refractivity contribution in [1.29, 1.82) is 0 Å². The molecular formula is C22H18ClN3O3S. The number of thiocarbonyl (C=S) groups is 1. The summed E-state index contributed by atoms with van der Waals surface area (Å²) < 4.78 is 5.73. The van der Waals surface area contributed by atoms with Crippen LogP contribution in [0.25, 0.3) is 0 Å². The van der Waals surface area contributed by atoms with Crippen LogP contribution in [0.4, 0.5) is 0 Å². The topological polar surface area (TPSA) is 79.5 Å². The van der Waals surface area contributed by atoms with E-state index in [9.17, 15) is 9.59 Å². The number of hydrogen-bond donors (Lipinski definition) is 3. The zero-order valence-corrected chi connectivity index (χ0v) is 17.3. The van der Waals surface area contributed by atoms with E-state index in [0.29, 0.717) is 28.5 Å². The van der Waals surface area contributed by atoms with Gasteiger partial charge in [-0.05, 0) is 60.2 Å². The molecule has 0 aliphatic rings. The van der Waals surface area contributed by atoms with Crippen molar-refractivity contribution in [3.8, 4) is 5.75 Å². The Morgan fingerprint density at radius 1 is 0.833 bits per heavy atom. The van der Waals surface area contributed by atoms with E-state index in [1.165, 1.54) is 0 Å². The molecule has 2 amide bonds. The Balaban J connectivity index is 1.50. The predicted octanol–water partition coefficient (Wildman–Crippen LogP) is 3.87. The molecule has 0 radical (unpaired) electrons. The zero-order valence-electron chi connectivity index (χ0n) is 15.7. The van der Waals surface area contributed by atoms with Crippen molar-refractivity contribution in [2.45, 2.75) is 6.61 Å². The Hall–Kier alpha value is -3.42. The molecule has 0 atom stereocenters. The van der Waals surface area contributed by atoms with E-state index < -0.39 is 11.8 Å². The van der Waals surface area contributed by atoms with Crippen molar-refractivity contribution in [2.75, 3.05) is 0 Å². The van der Waals surface area contributed by atoms with Crippen LogP contribution in [0, 0.1) is 0 Å². The van der Waals surface area contributed by atoms with E-state index in [1.807, 2.05) is 30.3 Å². The Morgan fingerprint density at radius 2 is 1.57 bits per heavy atom. The lowest BCUT2D eigenvalue weighted by molar-refractivity contribution is 0.0934. The van der Waals surface area contributed by atoms with Crippen LogP contribution < -0.4 is 20.9 Å². The molecule has 0 saturated carbocycles. The third-order valence-corrected chi connectivity index (χ3v) is 4.42. The highest BCUT2D eigenvalue weighted by Gasteiger charge is 2.10. The molecule has 0 aliphatic carbocycles. The molecule has 0 aliphatic heterocycles. The van der Waals surface area contributed by atoms with Gasteiger partial charge < -0.3 is 4.74 Å². The molecule has 152 valence electrons. The fraction of sp³-hybridized carbons (Fsp3) is 0.0455. The maximum Gasteiger partial charge on any atom is 0.269 e. The lowest BCUT2D eigenvalue weighted by Gasteiger charge is -2.12. The van der Waals surface area contributed by atoms with Crippen molar-refractivity contribution in [3.63, 3.8) is 0 Å². The Labute approximate surface area is 184 Å². The van der Waals surface area contributed by atoms with Gasteiger partial charge in [0, 0.05) is 16.1 Å². The molecule has 6 nitrogen and oxygen atoms in total. The minimum absolute atomic E-state index is 0.0436. The average Bonchev–Trinajstić information content (AvgIpc) is 2.77. The summed E-state index contributed by atoms with van der Waals surface area (Å²) in [5, 5.41) is 2.98. The third-order valence-electron chi connectivity index (χ3n) is 3.97. The number of amides is 2. The summed E-state index contributed by atoms with van der Waals surface area (Å²) >= 11 is 10.9. The van der Waals surface area contributed by atoms with Crippen LogP contribution in [0.2, 0.25) is 5.02 Å². The highest BCUT2D eigenvalue weighted by atomic mass is 35.5. The van der Waals surface area contributed by atoms with Gasteiger partial charge in [0.25, 0.3) is 11.8 Å². The highest BCUT2D eigenvalue weighted by Crippen LogP contribution is 2.15. The molecular weight excluding hydrogens is 422 g/mol. The summed E-state index contributed by atoms with van der Waals surface area (Å²) in [6.45, 7) is 0.391. The van der Waals surface area contributed by atoms with Crippen LogP contribution in [0.15, 0.2) is 78.9 Å². The van der Waals surface area contributed by atoms with Gasteiger partial charge in [0.05, 0.1) is 0 Å². The van der Waals surface area contributed by atoms with Crippen LogP contribution >= 0.6 is 23.8 Å². The number of hydrazine groups is 1. The van der Waals surface area contributed by atoms with E-state index in [0.717, 1.165) is 5.56 Å². The molecule has 0 heterocycles. The van der Waals surface area contributed by atoms with Crippen molar-refractivity contribution in [1.82, 2.24) is 16.2 Å². The van der Waals surface area contributed by atoms with E-state index >= 15 is 0 Å². The number of rotatable bonds is 5. The molecule has 3 N–H and O–H groups in total. The van der Waals surface area contributed by atoms with Crippen LogP contribution in [-0.4, -0.2) is 16.9 Å². The average molecular weight is 440 g/mol. The first-order chi connectivity index (χ1) is 14.5. The number of ether oxygens (including phenoxy) is 1. The summed E-state index contributed by atoms with van der Waals surface area (Å²) in [7, 11) is 0. The monoisotopic (exact) mass is 439 g/mol. The van der Waals surface area contributed by atoms with E-state index in [2.05, 4.69) is 16.2 Å². The smallest absolute Gasteiger partial charge is 0.269 e. The lowest BCUT2D eigenvalue weighted by atomic mass is 10.2. The Morgan fingerprint density at radius 3 is 2.30 bits per heavy atom. The zero-order chi connectivity index (χ0) is 21.3. The second kappa shape index (κ2) is 10.4. The molecule has 0 saturated heterocycles. The molecule has 0 unspecified atom stereocenters. The normalized spacial score (nSPS) is 10.0. The fourth-order valence-corrected chi connectivity index (χ4v) is 2.73. The first-order valence-electron chi connectivity index (χ1n) is 8.95. The molecule has 3 rings (SSSR count). The largest absolute Gasteiger partial charge is 0.489 e. The quantitative estimate of drug-likeness (QED) is 0.415. The molecule has 3 aromatic carbocycles. The van der Waals surface area contributed by atoms with Crippen LogP contribution in [0.1, 0.15) is 26.3 Å². The van der Waals surface area contributed by atoms with Crippen molar-refractivity contribution >= 4 is 40.7 Å². The van der Waals surface area contributed by atoms with Gasteiger partial charge >= 0.3 is 0 Å². The van der Waals surface area contributed by atoms with Crippen LogP contribution in [0.5, 0.6) is 5.75 Å². The van der Waals surface area contributed by atoms with Crippen LogP contribution in [-0.2, 0) is 6.61 Å². The fourth-order valence-electron chi connectivity index (χ4n) is 2.46. The Bertz CT molecular complexity index is 1040. The summed E-state index contributed by atoms with van der Waals surface area (Å²) in [4.78, 5) is 24.5. The van der Waals surface area contributed by atoms with Gasteiger partial charge in [0.15, 0.2) is 5.11 Å². The van der Waals surface area contributed by atoms with Gasteiger partial charge in [-0.3, -0.25) is 25.8 Å². The second-order valence-electron chi connectivity index (χ2n) is 6.17.